The molecule has 1 aromatic heterocycles. The summed E-state index contributed by atoms with van der Waals surface area (Å²) in [6.45, 7) is 2.08. The van der Waals surface area contributed by atoms with Gasteiger partial charge in [0.05, 0.1) is 32.1 Å². The van der Waals surface area contributed by atoms with Gasteiger partial charge in [0.2, 0.25) is 0 Å². The van der Waals surface area contributed by atoms with E-state index in [4.69, 9.17) is 9.47 Å². The maximum Gasteiger partial charge on any atom is 0.123 e. The molecule has 0 spiro atoms. The van der Waals surface area contributed by atoms with Crippen LogP contribution in [0.2, 0.25) is 0 Å². The second-order valence-corrected chi connectivity index (χ2v) is 5.21. The second-order valence-electron chi connectivity index (χ2n) is 4.29. The third-order valence-corrected chi connectivity index (χ3v) is 3.38. The van der Waals surface area contributed by atoms with Crippen LogP contribution < -0.4 is 10.1 Å². The highest BCUT2D eigenvalue weighted by Gasteiger charge is 2.04. The molecule has 0 atom stereocenters. The van der Waals surface area contributed by atoms with Crippen LogP contribution in [0.3, 0.4) is 0 Å². The summed E-state index contributed by atoms with van der Waals surface area (Å²) >= 11 is 3.47. The second kappa shape index (κ2) is 7.31. The van der Waals surface area contributed by atoms with Gasteiger partial charge in [0.1, 0.15) is 5.75 Å². The van der Waals surface area contributed by atoms with Gasteiger partial charge in [0, 0.05) is 29.9 Å². The number of ether oxygens (including phenoxy) is 2. The van der Waals surface area contributed by atoms with Crippen LogP contribution in [0, 0.1) is 0 Å². The van der Waals surface area contributed by atoms with E-state index in [1.165, 1.54) is 0 Å². The molecule has 20 heavy (non-hydrogen) atoms. The summed E-state index contributed by atoms with van der Waals surface area (Å²) in [7, 11) is 3.36. The van der Waals surface area contributed by atoms with E-state index in [0.717, 1.165) is 28.0 Å². The Morgan fingerprint density at radius 1 is 1.35 bits per heavy atom. The Hall–Kier alpha value is -1.53. The number of hydrogen-bond donors (Lipinski definition) is 1. The van der Waals surface area contributed by atoms with Crippen LogP contribution in [0.4, 0.5) is 5.69 Å². The summed E-state index contributed by atoms with van der Waals surface area (Å²) < 4.78 is 13.3. The fraction of sp³-hybridized carbons (Fsp3) is 0.357. The van der Waals surface area contributed by atoms with Gasteiger partial charge in [0.15, 0.2) is 0 Å². The SMILES string of the molecule is COCCn1cc(NCc2cc(Br)ccc2OC)cn1. The molecule has 0 amide bonds. The Kier molecular flexibility index (Phi) is 5.43. The van der Waals surface area contributed by atoms with Crippen LogP contribution >= 0.6 is 15.9 Å². The Morgan fingerprint density at radius 3 is 2.95 bits per heavy atom. The van der Waals surface area contributed by atoms with Gasteiger partial charge < -0.3 is 14.8 Å². The number of methoxy groups -OCH3 is 2. The van der Waals surface area contributed by atoms with Crippen molar-refractivity contribution in [1.29, 1.82) is 0 Å². The maximum atomic E-state index is 5.35. The van der Waals surface area contributed by atoms with Gasteiger partial charge in [-0.3, -0.25) is 4.68 Å². The van der Waals surface area contributed by atoms with Gasteiger partial charge in [-0.05, 0) is 18.2 Å². The van der Waals surface area contributed by atoms with Crippen LogP contribution in [0.15, 0.2) is 35.1 Å². The van der Waals surface area contributed by atoms with Gasteiger partial charge in [0.25, 0.3) is 0 Å². The molecule has 0 saturated heterocycles. The fourth-order valence-corrected chi connectivity index (χ4v) is 2.25. The molecule has 2 aromatic rings. The van der Waals surface area contributed by atoms with Gasteiger partial charge in [-0.15, -0.1) is 0 Å². The van der Waals surface area contributed by atoms with Gasteiger partial charge in [-0.1, -0.05) is 15.9 Å². The zero-order valence-electron chi connectivity index (χ0n) is 11.6. The largest absolute Gasteiger partial charge is 0.496 e. The smallest absolute Gasteiger partial charge is 0.123 e. The maximum absolute atomic E-state index is 5.35. The third-order valence-electron chi connectivity index (χ3n) is 2.88. The third kappa shape index (κ3) is 3.98. The predicted octanol–water partition coefficient (Wildman–Crippen LogP) is 2.91. The molecule has 0 aliphatic carbocycles. The number of rotatable bonds is 7. The van der Waals surface area contributed by atoms with E-state index in [1.54, 1.807) is 20.4 Å². The predicted molar refractivity (Wildman–Crippen MR) is 82.1 cm³/mol. The zero-order chi connectivity index (χ0) is 14.4. The molecule has 5 nitrogen and oxygen atoms in total. The highest BCUT2D eigenvalue weighted by atomic mass is 79.9. The first-order valence-corrected chi connectivity index (χ1v) is 7.10. The summed E-state index contributed by atoms with van der Waals surface area (Å²) in [4.78, 5) is 0. The highest BCUT2D eigenvalue weighted by Crippen LogP contribution is 2.23. The minimum absolute atomic E-state index is 0.653. The van der Waals surface area contributed by atoms with Gasteiger partial charge >= 0.3 is 0 Å². The average molecular weight is 340 g/mol. The van der Waals surface area contributed by atoms with Crippen molar-refractivity contribution in [1.82, 2.24) is 9.78 Å². The molecule has 0 aliphatic heterocycles. The first-order valence-electron chi connectivity index (χ1n) is 6.30. The monoisotopic (exact) mass is 339 g/mol. The number of halogens is 1. The van der Waals surface area contributed by atoms with Crippen molar-refractivity contribution in [3.8, 4) is 5.75 Å². The van der Waals surface area contributed by atoms with Crippen LogP contribution in [0.1, 0.15) is 5.56 Å². The molecule has 6 heteroatoms. The zero-order valence-corrected chi connectivity index (χ0v) is 13.2. The molecule has 0 bridgehead atoms. The summed E-state index contributed by atoms with van der Waals surface area (Å²) in [6, 6.07) is 5.95. The van der Waals surface area contributed by atoms with Gasteiger partial charge in [-0.25, -0.2) is 0 Å². The number of aromatic nitrogens is 2. The Labute approximate surface area is 127 Å². The topological polar surface area (TPSA) is 48.3 Å². The quantitative estimate of drug-likeness (QED) is 0.842. The number of benzene rings is 1. The molecule has 2 rings (SSSR count). The van der Waals surface area contributed by atoms with E-state index in [2.05, 4.69) is 26.3 Å². The minimum Gasteiger partial charge on any atom is -0.496 e. The summed E-state index contributed by atoms with van der Waals surface area (Å²) in [5, 5.41) is 7.59. The highest BCUT2D eigenvalue weighted by molar-refractivity contribution is 9.10. The van der Waals surface area contributed by atoms with E-state index in [0.29, 0.717) is 13.2 Å². The van der Waals surface area contributed by atoms with Crippen LogP contribution in [-0.2, 0) is 17.8 Å². The molecule has 0 unspecified atom stereocenters. The van der Waals surface area contributed by atoms with Gasteiger partial charge in [-0.2, -0.15) is 5.10 Å². The average Bonchev–Trinajstić information content (AvgIpc) is 2.91. The Bertz CT molecular complexity index is 557. The standard InChI is InChI=1S/C14H18BrN3O2/c1-19-6-5-18-10-13(9-17-18)16-8-11-7-12(15)3-4-14(11)20-2/h3-4,7,9-10,16H,5-6,8H2,1-2H3. The number of hydrogen-bond acceptors (Lipinski definition) is 4. The molecule has 1 heterocycles. The molecule has 0 aliphatic rings. The lowest BCUT2D eigenvalue weighted by molar-refractivity contribution is 0.183. The van der Waals surface area contributed by atoms with E-state index >= 15 is 0 Å². The number of nitrogens with one attached hydrogen (secondary N) is 1. The van der Waals surface area contributed by atoms with Crippen molar-refractivity contribution >= 4 is 21.6 Å². The molecule has 108 valence electrons. The van der Waals surface area contributed by atoms with E-state index in [9.17, 15) is 0 Å². The van der Waals surface area contributed by atoms with Crippen molar-refractivity contribution in [3.05, 3.63) is 40.6 Å². The normalized spacial score (nSPS) is 10.6. The molecule has 0 radical (unpaired) electrons. The molecule has 1 N–H and O–H groups in total. The first-order chi connectivity index (χ1) is 9.72. The first kappa shape index (κ1) is 14.9. The summed E-state index contributed by atoms with van der Waals surface area (Å²) in [5.41, 5.74) is 2.06. The van der Waals surface area contributed by atoms with Crippen LogP contribution in [-0.4, -0.2) is 30.6 Å². The lowest BCUT2D eigenvalue weighted by Crippen LogP contribution is -2.04. The summed E-state index contributed by atoms with van der Waals surface area (Å²) in [5.74, 6) is 0.868. The van der Waals surface area contributed by atoms with E-state index in [1.807, 2.05) is 29.1 Å². The van der Waals surface area contributed by atoms with E-state index < -0.39 is 0 Å². The Balaban J connectivity index is 1.98. The lowest BCUT2D eigenvalue weighted by atomic mass is 10.2. The van der Waals surface area contributed by atoms with Crippen molar-refractivity contribution in [3.63, 3.8) is 0 Å². The van der Waals surface area contributed by atoms with Crippen LogP contribution in [0.5, 0.6) is 5.75 Å². The molecule has 0 saturated carbocycles. The molecular weight excluding hydrogens is 322 g/mol. The molecule has 1 aromatic carbocycles. The van der Waals surface area contributed by atoms with Crippen molar-refractivity contribution in [2.45, 2.75) is 13.1 Å². The lowest BCUT2D eigenvalue weighted by Gasteiger charge is -2.09. The number of anilines is 1. The minimum atomic E-state index is 0.653. The number of nitrogens with zero attached hydrogens (tertiary/aromatic N) is 2. The van der Waals surface area contributed by atoms with Crippen LogP contribution in [0.25, 0.3) is 0 Å². The molecule has 0 fully saturated rings. The summed E-state index contributed by atoms with van der Waals surface area (Å²) in [6.07, 6.45) is 3.77. The molecular formula is C14H18BrN3O2. The Morgan fingerprint density at radius 2 is 2.20 bits per heavy atom. The van der Waals surface area contributed by atoms with Crippen molar-refractivity contribution in [2.75, 3.05) is 26.1 Å². The van der Waals surface area contributed by atoms with Crippen molar-refractivity contribution in [2.24, 2.45) is 0 Å². The van der Waals surface area contributed by atoms with E-state index in [-0.39, 0.29) is 0 Å². The van der Waals surface area contributed by atoms with Crippen molar-refractivity contribution < 1.29 is 9.47 Å². The fourth-order valence-electron chi connectivity index (χ4n) is 1.84.